The van der Waals surface area contributed by atoms with Crippen LogP contribution in [-0.4, -0.2) is 20.9 Å². The first kappa shape index (κ1) is 15.6. The van der Waals surface area contributed by atoms with E-state index in [0.29, 0.717) is 22.4 Å². The van der Waals surface area contributed by atoms with Crippen LogP contribution in [0.3, 0.4) is 0 Å². The quantitative estimate of drug-likeness (QED) is 0.614. The van der Waals surface area contributed by atoms with Gasteiger partial charge in [-0.05, 0) is 24.3 Å². The topological polar surface area (TPSA) is 98.0 Å². The Labute approximate surface area is 147 Å². The lowest BCUT2D eigenvalue weighted by Gasteiger charge is -2.09. The van der Waals surface area contributed by atoms with Crippen molar-refractivity contribution in [2.45, 2.75) is 0 Å². The maximum absolute atomic E-state index is 12.5. The number of amides is 1. The third kappa shape index (κ3) is 2.93. The summed E-state index contributed by atoms with van der Waals surface area (Å²) in [5.74, 6) is -0.0724. The van der Waals surface area contributed by atoms with Crippen LogP contribution in [0.15, 0.2) is 76.6 Å². The Morgan fingerprint density at radius 1 is 1.00 bits per heavy atom. The second-order valence-corrected chi connectivity index (χ2v) is 5.44. The third-order valence-electron chi connectivity index (χ3n) is 3.74. The molecule has 0 aliphatic heterocycles. The second-order valence-electron chi connectivity index (χ2n) is 5.44. The van der Waals surface area contributed by atoms with Gasteiger partial charge >= 0.3 is 0 Å². The maximum Gasteiger partial charge on any atom is 0.275 e. The van der Waals surface area contributed by atoms with Gasteiger partial charge in [-0.25, -0.2) is 4.98 Å². The first-order valence-electron chi connectivity index (χ1n) is 7.77. The van der Waals surface area contributed by atoms with Crippen LogP contribution in [0.4, 0.5) is 5.69 Å². The lowest BCUT2D eigenvalue weighted by molar-refractivity contribution is 0.102. The number of hydrogen-bond donors (Lipinski definition) is 1. The molecule has 26 heavy (non-hydrogen) atoms. The van der Waals surface area contributed by atoms with E-state index in [1.807, 2.05) is 0 Å². The first-order valence-corrected chi connectivity index (χ1v) is 7.77. The fourth-order valence-corrected chi connectivity index (χ4v) is 2.53. The Bertz CT molecular complexity index is 1140. The van der Waals surface area contributed by atoms with Crippen LogP contribution < -0.4 is 10.7 Å². The van der Waals surface area contributed by atoms with E-state index < -0.39 is 5.91 Å². The van der Waals surface area contributed by atoms with Crippen LogP contribution in [0.5, 0.6) is 0 Å². The molecule has 7 nitrogen and oxygen atoms in total. The molecule has 0 atom stereocenters. The van der Waals surface area contributed by atoms with Gasteiger partial charge in [0.05, 0.1) is 17.3 Å². The highest BCUT2D eigenvalue weighted by atomic mass is 16.3. The number of aromatic nitrogens is 3. The number of carbonyl (C=O) groups is 1. The molecule has 0 saturated heterocycles. The Kier molecular flexibility index (Phi) is 3.95. The zero-order valence-corrected chi connectivity index (χ0v) is 13.4. The molecule has 0 aliphatic rings. The first-order chi connectivity index (χ1) is 12.7. The van der Waals surface area contributed by atoms with E-state index in [2.05, 4.69) is 20.3 Å². The number of anilines is 1. The van der Waals surface area contributed by atoms with Gasteiger partial charge in [-0.2, -0.15) is 0 Å². The number of benzene rings is 1. The molecule has 4 aromatic rings. The van der Waals surface area contributed by atoms with Crippen LogP contribution in [0.1, 0.15) is 10.5 Å². The van der Waals surface area contributed by atoms with Crippen molar-refractivity contribution in [3.8, 4) is 11.3 Å². The van der Waals surface area contributed by atoms with Gasteiger partial charge < -0.3 is 9.73 Å². The summed E-state index contributed by atoms with van der Waals surface area (Å²) in [6, 6.07) is 9.93. The van der Waals surface area contributed by atoms with Crippen molar-refractivity contribution in [3.63, 3.8) is 0 Å². The molecule has 4 rings (SSSR count). The standard InChI is InChI=1S/C19H12N4O3/c24-16-9-17(12-3-2-6-20-10-12)26-18-13(16)4-1-5-14(18)23-19(25)15-11-21-7-8-22-15/h1-11H,(H,23,25). The molecule has 126 valence electrons. The van der Waals surface area contributed by atoms with Crippen molar-refractivity contribution in [1.29, 1.82) is 0 Å². The molecule has 0 unspecified atom stereocenters. The van der Waals surface area contributed by atoms with Crippen LogP contribution in [0.25, 0.3) is 22.3 Å². The summed E-state index contributed by atoms with van der Waals surface area (Å²) < 4.78 is 5.91. The molecule has 0 fully saturated rings. The second kappa shape index (κ2) is 6.56. The zero-order valence-electron chi connectivity index (χ0n) is 13.4. The highest BCUT2D eigenvalue weighted by molar-refractivity contribution is 6.06. The highest BCUT2D eigenvalue weighted by Gasteiger charge is 2.14. The Morgan fingerprint density at radius 2 is 1.88 bits per heavy atom. The van der Waals surface area contributed by atoms with Crippen LogP contribution >= 0.6 is 0 Å². The van der Waals surface area contributed by atoms with Crippen molar-refractivity contribution < 1.29 is 9.21 Å². The average Bonchev–Trinajstić information content (AvgIpc) is 2.70. The maximum atomic E-state index is 12.5. The third-order valence-corrected chi connectivity index (χ3v) is 3.74. The smallest absolute Gasteiger partial charge is 0.275 e. The molecule has 3 aromatic heterocycles. The number of para-hydroxylation sites is 1. The van der Waals surface area contributed by atoms with Gasteiger partial charge in [0.1, 0.15) is 11.5 Å². The minimum Gasteiger partial charge on any atom is -0.454 e. The van der Waals surface area contributed by atoms with Crippen LogP contribution in [-0.2, 0) is 0 Å². The Balaban J connectivity index is 1.81. The van der Waals surface area contributed by atoms with E-state index in [1.54, 1.807) is 42.7 Å². The van der Waals surface area contributed by atoms with Crippen molar-refractivity contribution in [2.75, 3.05) is 5.32 Å². The Hall–Kier alpha value is -3.87. The molecule has 0 radical (unpaired) electrons. The molecule has 0 spiro atoms. The van der Waals surface area contributed by atoms with Gasteiger partial charge in [0.15, 0.2) is 11.0 Å². The number of fused-ring (bicyclic) bond motifs is 1. The number of nitrogens with one attached hydrogen (secondary N) is 1. The van der Waals surface area contributed by atoms with Gasteiger partial charge in [-0.15, -0.1) is 0 Å². The van der Waals surface area contributed by atoms with Gasteiger partial charge in [-0.1, -0.05) is 6.07 Å². The lowest BCUT2D eigenvalue weighted by atomic mass is 10.1. The van der Waals surface area contributed by atoms with Gasteiger partial charge in [-0.3, -0.25) is 19.6 Å². The molecule has 7 heteroatoms. The number of rotatable bonds is 3. The van der Waals surface area contributed by atoms with E-state index in [4.69, 9.17) is 4.42 Å². The fourth-order valence-electron chi connectivity index (χ4n) is 2.53. The normalized spacial score (nSPS) is 10.6. The molecule has 0 aliphatic carbocycles. The van der Waals surface area contributed by atoms with Gasteiger partial charge in [0.25, 0.3) is 5.91 Å². The summed E-state index contributed by atoms with van der Waals surface area (Å²) in [4.78, 5) is 36.7. The molecular weight excluding hydrogens is 332 g/mol. The summed E-state index contributed by atoms with van der Waals surface area (Å²) in [5.41, 5.74) is 1.29. The average molecular weight is 344 g/mol. The SMILES string of the molecule is O=C(Nc1cccc2c(=O)cc(-c3cccnc3)oc12)c1cnccn1. The van der Waals surface area contributed by atoms with Crippen molar-refractivity contribution in [3.05, 3.63) is 83.3 Å². The summed E-state index contributed by atoms with van der Waals surface area (Å²) in [6.07, 6.45) is 7.50. The molecule has 3 heterocycles. The predicted octanol–water partition coefficient (Wildman–Crippen LogP) is 2.90. The molecule has 1 amide bonds. The minimum atomic E-state index is -0.444. The van der Waals surface area contributed by atoms with Crippen LogP contribution in [0.2, 0.25) is 0 Å². The molecule has 0 bridgehead atoms. The predicted molar refractivity (Wildman–Crippen MR) is 95.7 cm³/mol. The van der Waals surface area contributed by atoms with Gasteiger partial charge in [0.2, 0.25) is 0 Å². The highest BCUT2D eigenvalue weighted by Crippen LogP contribution is 2.26. The van der Waals surface area contributed by atoms with E-state index in [9.17, 15) is 9.59 Å². The molecule has 1 aromatic carbocycles. The largest absolute Gasteiger partial charge is 0.454 e. The molecule has 1 N–H and O–H groups in total. The number of hydrogen-bond acceptors (Lipinski definition) is 6. The van der Waals surface area contributed by atoms with Crippen molar-refractivity contribution >= 4 is 22.6 Å². The summed E-state index contributed by atoms with van der Waals surface area (Å²) in [5, 5.41) is 3.09. The summed E-state index contributed by atoms with van der Waals surface area (Å²) in [7, 11) is 0. The number of pyridine rings is 1. The van der Waals surface area contributed by atoms with E-state index >= 15 is 0 Å². The zero-order chi connectivity index (χ0) is 17.9. The number of carbonyl (C=O) groups excluding carboxylic acids is 1. The molecular formula is C19H12N4O3. The number of nitrogens with zero attached hydrogens (tertiary/aromatic N) is 3. The van der Waals surface area contributed by atoms with Crippen LogP contribution in [0, 0.1) is 0 Å². The van der Waals surface area contributed by atoms with Crippen molar-refractivity contribution in [2.24, 2.45) is 0 Å². The van der Waals surface area contributed by atoms with E-state index in [0.717, 1.165) is 0 Å². The Morgan fingerprint density at radius 3 is 2.65 bits per heavy atom. The van der Waals surface area contributed by atoms with Crippen molar-refractivity contribution in [1.82, 2.24) is 15.0 Å². The summed E-state index contributed by atoms with van der Waals surface area (Å²) >= 11 is 0. The monoisotopic (exact) mass is 344 g/mol. The molecule has 0 saturated carbocycles. The van der Waals surface area contributed by atoms with E-state index in [-0.39, 0.29) is 16.7 Å². The van der Waals surface area contributed by atoms with Gasteiger partial charge in [0, 0.05) is 36.4 Å². The van der Waals surface area contributed by atoms with E-state index in [1.165, 1.54) is 24.7 Å². The fraction of sp³-hybridized carbons (Fsp3) is 0. The lowest BCUT2D eigenvalue weighted by Crippen LogP contribution is -2.14. The summed E-state index contributed by atoms with van der Waals surface area (Å²) in [6.45, 7) is 0. The minimum absolute atomic E-state index is 0.162.